The van der Waals surface area contributed by atoms with E-state index in [4.69, 9.17) is 9.47 Å². The van der Waals surface area contributed by atoms with Gasteiger partial charge >= 0.3 is 0 Å². The van der Waals surface area contributed by atoms with Crippen LogP contribution in [-0.4, -0.2) is 25.4 Å². The number of hydrogen-bond donors (Lipinski definition) is 0. The fourth-order valence-electron chi connectivity index (χ4n) is 1.08. The van der Waals surface area contributed by atoms with Crippen LogP contribution in [0.2, 0.25) is 0 Å². The highest BCUT2D eigenvalue weighted by Gasteiger charge is 2.24. The quantitative estimate of drug-likeness (QED) is 0.662. The molecule has 1 fully saturated rings. The molecule has 0 bridgehead atoms. The lowest BCUT2D eigenvalue weighted by molar-refractivity contribution is -0.196. The summed E-state index contributed by atoms with van der Waals surface area (Å²) in [6.07, 6.45) is 2.32. The summed E-state index contributed by atoms with van der Waals surface area (Å²) < 4.78 is 34.6. The van der Waals surface area contributed by atoms with Gasteiger partial charge in [-0.05, 0) is 19.3 Å². The number of alkyl halides is 2. The molecule has 1 atom stereocenters. The second kappa shape index (κ2) is 4.14. The fraction of sp³-hybridized carbons (Fsp3) is 1.00. The largest absolute Gasteiger partial charge is 0.353 e. The maximum atomic E-state index is 12.3. The van der Waals surface area contributed by atoms with Crippen molar-refractivity contribution in [3.05, 3.63) is 0 Å². The maximum absolute atomic E-state index is 12.3. The molecule has 4 heteroatoms. The molecule has 1 saturated heterocycles. The van der Waals surface area contributed by atoms with E-state index in [2.05, 4.69) is 0 Å². The summed E-state index contributed by atoms with van der Waals surface area (Å²) in [5.41, 5.74) is 0. The van der Waals surface area contributed by atoms with E-state index in [0.29, 0.717) is 6.61 Å². The molecule has 0 radical (unpaired) electrons. The van der Waals surface area contributed by atoms with Crippen LogP contribution in [0.25, 0.3) is 0 Å². The summed E-state index contributed by atoms with van der Waals surface area (Å²) in [4.78, 5) is 0. The molecule has 1 aliphatic heterocycles. The van der Waals surface area contributed by atoms with E-state index in [1.807, 2.05) is 0 Å². The van der Waals surface area contributed by atoms with Crippen LogP contribution in [0, 0.1) is 0 Å². The molecule has 0 aromatic carbocycles. The van der Waals surface area contributed by atoms with E-state index in [9.17, 15) is 8.78 Å². The zero-order valence-corrected chi connectivity index (χ0v) is 7.19. The van der Waals surface area contributed by atoms with Gasteiger partial charge in [0.05, 0.1) is 0 Å². The van der Waals surface area contributed by atoms with Crippen molar-refractivity contribution >= 4 is 0 Å². The highest BCUT2D eigenvalue weighted by molar-refractivity contribution is 4.59. The summed E-state index contributed by atoms with van der Waals surface area (Å²) in [5.74, 6) is -2.75. The standard InChI is InChI=1S/C8H14F2O2/c1-8(9,10)6-12-7-4-2-3-5-11-7/h7H,2-6H2,1H3. The summed E-state index contributed by atoms with van der Waals surface area (Å²) in [6.45, 7) is 0.924. The third-order valence-electron chi connectivity index (χ3n) is 1.66. The number of halogens is 2. The third-order valence-corrected chi connectivity index (χ3v) is 1.66. The normalized spacial score (nSPS) is 25.8. The van der Waals surface area contributed by atoms with Crippen molar-refractivity contribution in [2.24, 2.45) is 0 Å². The number of rotatable bonds is 3. The van der Waals surface area contributed by atoms with Crippen molar-refractivity contribution in [3.8, 4) is 0 Å². The Morgan fingerprint density at radius 3 is 2.75 bits per heavy atom. The van der Waals surface area contributed by atoms with E-state index in [-0.39, 0.29) is 0 Å². The fourth-order valence-corrected chi connectivity index (χ4v) is 1.08. The van der Waals surface area contributed by atoms with E-state index in [0.717, 1.165) is 26.2 Å². The Morgan fingerprint density at radius 2 is 2.25 bits per heavy atom. The first-order valence-electron chi connectivity index (χ1n) is 4.19. The molecule has 2 nitrogen and oxygen atoms in total. The van der Waals surface area contributed by atoms with Gasteiger partial charge < -0.3 is 9.47 Å². The van der Waals surface area contributed by atoms with Gasteiger partial charge in [-0.15, -0.1) is 0 Å². The average molecular weight is 180 g/mol. The minimum atomic E-state index is -2.75. The summed E-state index contributed by atoms with van der Waals surface area (Å²) in [6, 6.07) is 0. The molecule has 1 rings (SSSR count). The molecule has 0 saturated carbocycles. The van der Waals surface area contributed by atoms with Gasteiger partial charge in [-0.1, -0.05) is 0 Å². The predicted molar refractivity (Wildman–Crippen MR) is 40.2 cm³/mol. The highest BCUT2D eigenvalue weighted by Crippen LogP contribution is 2.18. The second-order valence-corrected chi connectivity index (χ2v) is 3.18. The van der Waals surface area contributed by atoms with Crippen LogP contribution in [0.15, 0.2) is 0 Å². The van der Waals surface area contributed by atoms with Crippen LogP contribution < -0.4 is 0 Å². The van der Waals surface area contributed by atoms with Crippen LogP contribution in [0.1, 0.15) is 26.2 Å². The summed E-state index contributed by atoms with van der Waals surface area (Å²) in [7, 11) is 0. The minimum absolute atomic E-state index is 0.412. The Balaban J connectivity index is 2.13. The van der Waals surface area contributed by atoms with Crippen LogP contribution in [-0.2, 0) is 9.47 Å². The van der Waals surface area contributed by atoms with Crippen LogP contribution in [0.3, 0.4) is 0 Å². The Bertz CT molecular complexity index is 128. The minimum Gasteiger partial charge on any atom is -0.353 e. The molecule has 1 heterocycles. The van der Waals surface area contributed by atoms with Gasteiger partial charge in [0.15, 0.2) is 6.29 Å². The predicted octanol–water partition coefficient (Wildman–Crippen LogP) is 2.18. The molecule has 1 unspecified atom stereocenters. The smallest absolute Gasteiger partial charge is 0.268 e. The lowest BCUT2D eigenvalue weighted by Crippen LogP contribution is -2.28. The lowest BCUT2D eigenvalue weighted by atomic mass is 10.2. The van der Waals surface area contributed by atoms with E-state index in [1.165, 1.54) is 0 Å². The number of ether oxygens (including phenoxy) is 2. The van der Waals surface area contributed by atoms with Crippen LogP contribution in [0.5, 0.6) is 0 Å². The van der Waals surface area contributed by atoms with Gasteiger partial charge in [-0.3, -0.25) is 0 Å². The van der Waals surface area contributed by atoms with Gasteiger partial charge in [-0.25, -0.2) is 8.78 Å². The highest BCUT2D eigenvalue weighted by atomic mass is 19.3. The zero-order valence-electron chi connectivity index (χ0n) is 7.19. The third kappa shape index (κ3) is 3.97. The molecule has 0 amide bonds. The van der Waals surface area contributed by atoms with Crippen molar-refractivity contribution in [2.45, 2.75) is 38.4 Å². The molecule has 0 aromatic rings. The molecule has 72 valence electrons. The molecular formula is C8H14F2O2. The van der Waals surface area contributed by atoms with Gasteiger partial charge in [0.25, 0.3) is 5.92 Å². The monoisotopic (exact) mass is 180 g/mol. The Morgan fingerprint density at radius 1 is 1.50 bits per heavy atom. The van der Waals surface area contributed by atoms with Gasteiger partial charge in [0.1, 0.15) is 6.61 Å². The Hall–Kier alpha value is -0.220. The summed E-state index contributed by atoms with van der Waals surface area (Å²) >= 11 is 0. The summed E-state index contributed by atoms with van der Waals surface area (Å²) in [5, 5.41) is 0. The van der Waals surface area contributed by atoms with Gasteiger partial charge in [0, 0.05) is 13.5 Å². The van der Waals surface area contributed by atoms with Crippen molar-refractivity contribution in [3.63, 3.8) is 0 Å². The average Bonchev–Trinajstić information content (AvgIpc) is 2.02. The molecule has 0 N–H and O–H groups in total. The van der Waals surface area contributed by atoms with E-state index < -0.39 is 18.8 Å². The van der Waals surface area contributed by atoms with Crippen molar-refractivity contribution in [1.82, 2.24) is 0 Å². The topological polar surface area (TPSA) is 18.5 Å². The zero-order chi connectivity index (χ0) is 9.03. The lowest BCUT2D eigenvalue weighted by Gasteiger charge is -2.23. The second-order valence-electron chi connectivity index (χ2n) is 3.18. The SMILES string of the molecule is CC(F)(F)COC1CCCCO1. The first-order chi connectivity index (χ1) is 5.58. The Kier molecular flexibility index (Phi) is 3.40. The number of hydrogen-bond acceptors (Lipinski definition) is 2. The molecule has 0 aromatic heterocycles. The first-order valence-corrected chi connectivity index (χ1v) is 4.19. The Labute approximate surface area is 70.8 Å². The first kappa shape index (κ1) is 9.86. The molecular weight excluding hydrogens is 166 g/mol. The van der Waals surface area contributed by atoms with Gasteiger partial charge in [0.2, 0.25) is 0 Å². The molecule has 1 aliphatic rings. The molecule has 0 spiro atoms. The molecule has 0 aliphatic carbocycles. The maximum Gasteiger partial charge on any atom is 0.268 e. The van der Waals surface area contributed by atoms with Crippen LogP contribution in [0.4, 0.5) is 8.78 Å². The van der Waals surface area contributed by atoms with Gasteiger partial charge in [-0.2, -0.15) is 0 Å². The van der Waals surface area contributed by atoms with Crippen LogP contribution >= 0.6 is 0 Å². The van der Waals surface area contributed by atoms with Crippen molar-refractivity contribution in [2.75, 3.05) is 13.2 Å². The van der Waals surface area contributed by atoms with E-state index in [1.54, 1.807) is 0 Å². The van der Waals surface area contributed by atoms with E-state index >= 15 is 0 Å². The van der Waals surface area contributed by atoms with Crippen molar-refractivity contribution < 1.29 is 18.3 Å². The molecule has 12 heavy (non-hydrogen) atoms. The van der Waals surface area contributed by atoms with Crippen molar-refractivity contribution in [1.29, 1.82) is 0 Å².